The molecular weight excluding hydrogens is 417 g/mol. The van der Waals surface area contributed by atoms with E-state index in [4.69, 9.17) is 4.74 Å². The Morgan fingerprint density at radius 3 is 2.27 bits per heavy atom. The standard InChI is InChI=1S/C17H14F5N5O3/c18-16(19)15(28)14(27-9-24-25-26-27)13-6-5-12(7-23-13)29-8-10-1-3-11(4-2-10)30-17(20,21)22/h1-7,9,14-16,28H,8H2. The average Bonchev–Trinajstić information content (AvgIpc) is 3.21. The zero-order valence-corrected chi connectivity index (χ0v) is 14.9. The Morgan fingerprint density at radius 2 is 1.73 bits per heavy atom. The Balaban J connectivity index is 1.65. The van der Waals surface area contributed by atoms with Crippen molar-refractivity contribution in [2.75, 3.05) is 0 Å². The Labute approximate surface area is 165 Å². The molecule has 0 amide bonds. The lowest BCUT2D eigenvalue weighted by Crippen LogP contribution is -2.32. The molecule has 0 aliphatic heterocycles. The number of pyridine rings is 1. The van der Waals surface area contributed by atoms with Gasteiger partial charge in [-0.2, -0.15) is 0 Å². The van der Waals surface area contributed by atoms with Crippen LogP contribution < -0.4 is 9.47 Å². The number of alkyl halides is 5. The Kier molecular flexibility index (Phi) is 6.40. The van der Waals surface area contributed by atoms with Crippen molar-refractivity contribution in [2.45, 2.75) is 31.5 Å². The molecule has 0 fully saturated rings. The van der Waals surface area contributed by atoms with E-state index in [1.165, 1.54) is 30.5 Å². The first-order valence-electron chi connectivity index (χ1n) is 8.35. The fourth-order valence-corrected chi connectivity index (χ4v) is 2.51. The molecule has 3 aromatic rings. The summed E-state index contributed by atoms with van der Waals surface area (Å²) in [6, 6.07) is 6.60. The number of tetrazole rings is 1. The molecule has 0 saturated carbocycles. The summed E-state index contributed by atoms with van der Waals surface area (Å²) in [5.41, 5.74) is 0.643. The second-order valence-corrected chi connectivity index (χ2v) is 5.96. The van der Waals surface area contributed by atoms with Crippen LogP contribution >= 0.6 is 0 Å². The molecule has 0 bridgehead atoms. The van der Waals surface area contributed by atoms with Crippen LogP contribution in [0.2, 0.25) is 0 Å². The first-order chi connectivity index (χ1) is 14.2. The summed E-state index contributed by atoms with van der Waals surface area (Å²) in [6.07, 6.45) is -7.59. The van der Waals surface area contributed by atoms with E-state index in [1.54, 1.807) is 0 Å². The summed E-state index contributed by atoms with van der Waals surface area (Å²) < 4.78 is 72.7. The van der Waals surface area contributed by atoms with Gasteiger partial charge in [0.1, 0.15) is 36.6 Å². The second-order valence-electron chi connectivity index (χ2n) is 5.96. The van der Waals surface area contributed by atoms with Crippen molar-refractivity contribution in [3.63, 3.8) is 0 Å². The number of benzene rings is 1. The maximum absolute atomic E-state index is 13.0. The van der Waals surface area contributed by atoms with Gasteiger partial charge in [0.25, 0.3) is 6.43 Å². The molecule has 0 saturated heterocycles. The molecule has 2 heterocycles. The van der Waals surface area contributed by atoms with Gasteiger partial charge < -0.3 is 14.6 Å². The lowest BCUT2D eigenvalue weighted by molar-refractivity contribution is -0.274. The number of aliphatic hydroxyl groups is 1. The third-order valence-corrected chi connectivity index (χ3v) is 3.86. The molecule has 160 valence electrons. The monoisotopic (exact) mass is 431 g/mol. The first kappa shape index (κ1) is 21.4. The predicted octanol–water partition coefficient (Wildman–Crippen LogP) is 2.76. The summed E-state index contributed by atoms with van der Waals surface area (Å²) in [6.45, 7) is 0.0173. The van der Waals surface area contributed by atoms with Crippen LogP contribution in [0.1, 0.15) is 17.3 Å². The van der Waals surface area contributed by atoms with Gasteiger partial charge in [-0.15, -0.1) is 18.3 Å². The normalized spacial score (nSPS) is 13.8. The van der Waals surface area contributed by atoms with Crippen LogP contribution in [0.25, 0.3) is 0 Å². The third kappa shape index (κ3) is 5.59. The van der Waals surface area contributed by atoms with Crippen LogP contribution in [0.5, 0.6) is 11.5 Å². The van der Waals surface area contributed by atoms with Crippen LogP contribution in [-0.4, -0.2) is 49.2 Å². The van der Waals surface area contributed by atoms with Gasteiger partial charge in [-0.3, -0.25) is 4.98 Å². The van der Waals surface area contributed by atoms with E-state index < -0.39 is 24.9 Å². The van der Waals surface area contributed by atoms with Gasteiger partial charge >= 0.3 is 6.36 Å². The molecule has 0 aliphatic rings. The van der Waals surface area contributed by atoms with Crippen molar-refractivity contribution in [2.24, 2.45) is 0 Å². The first-order valence-corrected chi connectivity index (χ1v) is 8.35. The molecule has 0 radical (unpaired) electrons. The van der Waals surface area contributed by atoms with E-state index in [-0.39, 0.29) is 23.8 Å². The number of aromatic nitrogens is 5. The Bertz CT molecular complexity index is 920. The van der Waals surface area contributed by atoms with Gasteiger partial charge in [-0.25, -0.2) is 13.5 Å². The maximum Gasteiger partial charge on any atom is 0.573 e. The molecular formula is C17H14F5N5O3. The number of rotatable bonds is 8. The number of nitrogens with zero attached hydrogens (tertiary/aromatic N) is 5. The highest BCUT2D eigenvalue weighted by Gasteiger charge is 2.33. The topological polar surface area (TPSA) is 95.2 Å². The van der Waals surface area contributed by atoms with Crippen LogP contribution in [0.3, 0.4) is 0 Å². The molecule has 30 heavy (non-hydrogen) atoms. The molecule has 3 rings (SSSR count). The van der Waals surface area contributed by atoms with Gasteiger partial charge in [0.2, 0.25) is 0 Å². The minimum absolute atomic E-state index is 0.0173. The predicted molar refractivity (Wildman–Crippen MR) is 89.7 cm³/mol. The lowest BCUT2D eigenvalue weighted by atomic mass is 10.1. The van der Waals surface area contributed by atoms with Gasteiger partial charge in [0.05, 0.1) is 11.9 Å². The average molecular weight is 431 g/mol. The van der Waals surface area contributed by atoms with Gasteiger partial charge in [-0.05, 0) is 40.3 Å². The summed E-state index contributed by atoms with van der Waals surface area (Å²) in [4.78, 5) is 4.03. The molecule has 2 unspecified atom stereocenters. The van der Waals surface area contributed by atoms with Crippen LogP contribution in [-0.2, 0) is 6.61 Å². The third-order valence-electron chi connectivity index (χ3n) is 3.86. The van der Waals surface area contributed by atoms with Gasteiger partial charge in [0.15, 0.2) is 0 Å². The fourth-order valence-electron chi connectivity index (χ4n) is 2.51. The highest BCUT2D eigenvalue weighted by molar-refractivity contribution is 5.28. The lowest BCUT2D eigenvalue weighted by Gasteiger charge is -2.21. The maximum atomic E-state index is 13.0. The highest BCUT2D eigenvalue weighted by Crippen LogP contribution is 2.26. The zero-order chi connectivity index (χ0) is 21.7. The van der Waals surface area contributed by atoms with Crippen molar-refractivity contribution in [1.82, 2.24) is 25.2 Å². The van der Waals surface area contributed by atoms with E-state index in [9.17, 15) is 27.1 Å². The summed E-state index contributed by atoms with van der Waals surface area (Å²) in [7, 11) is 0. The fraction of sp³-hybridized carbons (Fsp3) is 0.294. The molecule has 0 spiro atoms. The van der Waals surface area contributed by atoms with Crippen LogP contribution in [0.4, 0.5) is 22.0 Å². The van der Waals surface area contributed by atoms with Crippen molar-refractivity contribution in [1.29, 1.82) is 0 Å². The van der Waals surface area contributed by atoms with E-state index >= 15 is 0 Å². The van der Waals surface area contributed by atoms with Gasteiger partial charge in [0, 0.05) is 0 Å². The molecule has 2 atom stereocenters. The molecule has 2 aromatic heterocycles. The minimum atomic E-state index is -4.77. The summed E-state index contributed by atoms with van der Waals surface area (Å²) >= 11 is 0. The van der Waals surface area contributed by atoms with Crippen molar-refractivity contribution >= 4 is 0 Å². The number of hydrogen-bond acceptors (Lipinski definition) is 7. The van der Waals surface area contributed by atoms with E-state index in [1.807, 2.05) is 0 Å². The number of hydrogen-bond donors (Lipinski definition) is 1. The number of ether oxygens (including phenoxy) is 2. The van der Waals surface area contributed by atoms with E-state index in [0.717, 1.165) is 23.1 Å². The zero-order valence-electron chi connectivity index (χ0n) is 14.9. The van der Waals surface area contributed by atoms with Crippen LogP contribution in [0.15, 0.2) is 48.9 Å². The van der Waals surface area contributed by atoms with E-state index in [2.05, 4.69) is 25.2 Å². The Hall–Kier alpha value is -3.35. The minimum Gasteiger partial charge on any atom is -0.487 e. The van der Waals surface area contributed by atoms with Crippen LogP contribution in [0, 0.1) is 0 Å². The molecule has 1 aromatic carbocycles. The van der Waals surface area contributed by atoms with Crippen molar-refractivity contribution < 1.29 is 36.5 Å². The van der Waals surface area contributed by atoms with Crippen molar-refractivity contribution in [3.8, 4) is 11.5 Å². The Morgan fingerprint density at radius 1 is 1.03 bits per heavy atom. The summed E-state index contributed by atoms with van der Waals surface area (Å²) in [5, 5.41) is 20.1. The molecule has 8 nitrogen and oxygen atoms in total. The summed E-state index contributed by atoms with van der Waals surface area (Å²) in [5.74, 6) is -0.0835. The second kappa shape index (κ2) is 8.98. The smallest absolute Gasteiger partial charge is 0.487 e. The quantitative estimate of drug-likeness (QED) is 0.548. The SMILES string of the molecule is OC(C(F)F)C(c1ccc(OCc2ccc(OC(F)(F)F)cc2)cn1)n1cnnn1. The molecule has 1 N–H and O–H groups in total. The number of aliphatic hydroxyl groups excluding tert-OH is 1. The van der Waals surface area contributed by atoms with E-state index in [0.29, 0.717) is 5.56 Å². The number of halogens is 5. The van der Waals surface area contributed by atoms with Gasteiger partial charge in [-0.1, -0.05) is 12.1 Å². The molecule has 13 heteroatoms. The highest BCUT2D eigenvalue weighted by atomic mass is 19.4. The van der Waals surface area contributed by atoms with Crippen molar-refractivity contribution in [3.05, 3.63) is 60.2 Å². The largest absolute Gasteiger partial charge is 0.573 e. The molecule has 0 aliphatic carbocycles.